The number of nitrogens with zero attached hydrogens (tertiary/aromatic N) is 3. The van der Waals surface area contributed by atoms with E-state index in [1.165, 1.54) is 140 Å². The van der Waals surface area contributed by atoms with Crippen molar-refractivity contribution in [2.75, 3.05) is 7.05 Å². The van der Waals surface area contributed by atoms with Crippen molar-refractivity contribution < 1.29 is 9.47 Å². The van der Waals surface area contributed by atoms with Crippen LogP contribution >= 0.6 is 0 Å². The number of aromatic nitrogens is 2. The van der Waals surface area contributed by atoms with Gasteiger partial charge in [-0.25, -0.2) is 0 Å². The van der Waals surface area contributed by atoms with Gasteiger partial charge in [-0.1, -0.05) is 76.3 Å². The van der Waals surface area contributed by atoms with Crippen molar-refractivity contribution in [1.29, 1.82) is 0 Å². The van der Waals surface area contributed by atoms with E-state index in [-0.39, 0.29) is 33.2 Å². The lowest BCUT2D eigenvalue weighted by Gasteiger charge is -2.55. The van der Waals surface area contributed by atoms with E-state index in [9.17, 15) is 0 Å². The average molecular weight is 923 g/mol. The fourth-order valence-electron chi connectivity index (χ4n) is 17.9. The lowest BCUT2D eigenvalue weighted by Crippen LogP contribution is -2.55. The Morgan fingerprint density at radius 3 is 1.65 bits per heavy atom. The molecule has 10 aliphatic rings. The largest absolute Gasteiger partial charge is 0.359 e. The van der Waals surface area contributed by atoms with Crippen molar-refractivity contribution in [3.8, 4) is 0 Å². The molecule has 6 heteroatoms. The molecule has 0 radical (unpaired) electrons. The average Bonchev–Trinajstić information content (AvgIpc) is 4.08. The Balaban J connectivity index is 0.000000136. The van der Waals surface area contributed by atoms with Gasteiger partial charge in [-0.15, -0.1) is 0 Å². The predicted molar refractivity (Wildman–Crippen MR) is 280 cm³/mol. The number of ether oxygens (including phenoxy) is 2. The Bertz CT molecular complexity index is 2840. The Hall–Kier alpha value is -3.94. The van der Waals surface area contributed by atoms with Crippen molar-refractivity contribution in [2.24, 2.45) is 22.7 Å². The molecule has 1 N–H and O–H groups in total. The van der Waals surface area contributed by atoms with Gasteiger partial charge in [-0.3, -0.25) is 9.97 Å². The zero-order valence-electron chi connectivity index (χ0n) is 42.8. The number of pyridine rings is 2. The van der Waals surface area contributed by atoms with E-state index in [1.807, 2.05) is 24.8 Å². The van der Waals surface area contributed by atoms with Crippen LogP contribution in [0.25, 0.3) is 21.5 Å². The minimum Gasteiger partial charge on any atom is -0.359 e. The van der Waals surface area contributed by atoms with Gasteiger partial charge in [0.1, 0.15) is 0 Å². The monoisotopic (exact) mass is 923 g/mol. The van der Waals surface area contributed by atoms with Gasteiger partial charge >= 0.3 is 0 Å². The van der Waals surface area contributed by atoms with Crippen LogP contribution in [0.15, 0.2) is 120 Å². The number of rotatable bonds is 6. The number of allylic oxidation sites excluding steroid dienone is 2. The van der Waals surface area contributed by atoms with Crippen molar-refractivity contribution in [1.82, 2.24) is 20.2 Å². The fourth-order valence-corrected chi connectivity index (χ4v) is 17.9. The third-order valence-corrected chi connectivity index (χ3v) is 21.4. The standard InChI is InChI=1S/C32H40N2O.C31H38N2O/c1-21(2)34(4)27-8-7-25-18-26-11-13-30(3)28(23-6-5-22-12-16-33-20-24(22)17-23)9-10-29(30)32(26)15-14-31(25,19-27)35-32;1-20(2)33-26-7-6-24-17-25-10-12-29(3)27(22-5-4-21-11-15-32-19-23(21)16-22)8-9-28(29)31(25)14-13-30(24,18-26)34-31/h5-6,11-12,16-18,20-21,27-29H,7-10,13-15,19H2,1-4H3;4-5,10-11,15-17,19-20,26-28,33H,6-9,12-14,18H2,1-3H3/t27-,28+,29+,30+,31+,32+;26-,27+,28+,29+,30+,31+/m00/s1. The first-order valence-corrected chi connectivity index (χ1v) is 27.7. The van der Waals surface area contributed by atoms with E-state index in [0.29, 0.717) is 47.8 Å². The highest BCUT2D eigenvalue weighted by Crippen LogP contribution is 2.71. The molecule has 6 heterocycles. The zero-order chi connectivity index (χ0) is 47.1. The topological polar surface area (TPSA) is 59.5 Å². The van der Waals surface area contributed by atoms with E-state index in [2.05, 4.69) is 142 Å². The maximum absolute atomic E-state index is 7.50. The molecular formula is C63H78N4O2. The van der Waals surface area contributed by atoms with Crippen molar-refractivity contribution in [3.05, 3.63) is 131 Å². The fraction of sp³-hybridized carbons (Fsp3) is 0.587. The van der Waals surface area contributed by atoms with Crippen LogP contribution in [0, 0.1) is 22.7 Å². The third-order valence-electron chi connectivity index (χ3n) is 21.4. The molecule has 4 aromatic rings. The first-order chi connectivity index (χ1) is 33.3. The van der Waals surface area contributed by atoms with Gasteiger partial charge in [0.15, 0.2) is 0 Å². The Morgan fingerprint density at radius 1 is 0.609 bits per heavy atom. The van der Waals surface area contributed by atoms with Gasteiger partial charge in [0.2, 0.25) is 0 Å². The Labute approximate surface area is 412 Å². The summed E-state index contributed by atoms with van der Waals surface area (Å²) in [7, 11) is 2.32. The second kappa shape index (κ2) is 16.0. The summed E-state index contributed by atoms with van der Waals surface area (Å²) in [5.74, 6) is 2.37. The molecule has 2 aromatic carbocycles. The highest BCUT2D eigenvalue weighted by molar-refractivity contribution is 5.83. The number of nitrogens with one attached hydrogen (secondary N) is 1. The second-order valence-corrected chi connectivity index (χ2v) is 25.3. The Morgan fingerprint density at radius 2 is 1.13 bits per heavy atom. The summed E-state index contributed by atoms with van der Waals surface area (Å²) in [5, 5.41) is 8.95. The van der Waals surface area contributed by atoms with Crippen LogP contribution in [0.5, 0.6) is 0 Å². The summed E-state index contributed by atoms with van der Waals surface area (Å²) < 4.78 is 14.9. The zero-order valence-corrected chi connectivity index (χ0v) is 42.8. The highest BCUT2D eigenvalue weighted by Gasteiger charge is 2.68. The molecule has 4 bridgehead atoms. The Kier molecular flexibility index (Phi) is 10.4. The summed E-state index contributed by atoms with van der Waals surface area (Å²) >= 11 is 0. The van der Waals surface area contributed by atoms with Crippen molar-refractivity contribution in [3.63, 3.8) is 0 Å². The molecule has 362 valence electrons. The molecule has 6 fully saturated rings. The lowest BCUT2D eigenvalue weighted by molar-refractivity contribution is -0.141. The predicted octanol–water partition coefficient (Wildman–Crippen LogP) is 14.0. The molecule has 14 rings (SSSR count). The van der Waals surface area contributed by atoms with E-state index < -0.39 is 0 Å². The minimum absolute atomic E-state index is 0.0195. The summed E-state index contributed by atoms with van der Waals surface area (Å²) in [6, 6.07) is 20.8. The molecule has 2 saturated heterocycles. The molecular weight excluding hydrogens is 845 g/mol. The van der Waals surface area contributed by atoms with E-state index in [1.54, 1.807) is 11.1 Å². The van der Waals surface area contributed by atoms with Crippen molar-refractivity contribution in [2.45, 2.75) is 203 Å². The molecule has 4 saturated carbocycles. The van der Waals surface area contributed by atoms with Crippen LogP contribution < -0.4 is 5.32 Å². The van der Waals surface area contributed by atoms with Crippen LogP contribution in [0.2, 0.25) is 0 Å². The van der Waals surface area contributed by atoms with Gasteiger partial charge in [-0.05, 0) is 227 Å². The number of fused-ring (bicyclic) bond motifs is 4. The molecule has 69 heavy (non-hydrogen) atoms. The summed E-state index contributed by atoms with van der Waals surface area (Å²) in [6.45, 7) is 14.4. The smallest absolute Gasteiger partial charge is 0.0974 e. The maximum atomic E-state index is 7.50. The van der Waals surface area contributed by atoms with Crippen LogP contribution in [-0.2, 0) is 9.47 Å². The van der Waals surface area contributed by atoms with Crippen LogP contribution in [0.4, 0.5) is 0 Å². The summed E-state index contributed by atoms with van der Waals surface area (Å²) in [4.78, 5) is 11.4. The molecule has 6 aliphatic carbocycles. The lowest BCUT2D eigenvalue weighted by atomic mass is 9.58. The van der Waals surface area contributed by atoms with Gasteiger partial charge in [-0.2, -0.15) is 0 Å². The quantitative estimate of drug-likeness (QED) is 0.208. The molecule has 4 aliphatic heterocycles. The third kappa shape index (κ3) is 6.69. The maximum Gasteiger partial charge on any atom is 0.0974 e. The number of hydrogen-bond donors (Lipinski definition) is 1. The molecule has 6 nitrogen and oxygen atoms in total. The molecule has 0 amide bonds. The highest BCUT2D eigenvalue weighted by atomic mass is 16.5. The molecule has 4 spiro atoms. The van der Waals surface area contributed by atoms with Crippen LogP contribution in [0.3, 0.4) is 0 Å². The normalized spacial score (nSPS) is 40.2. The van der Waals surface area contributed by atoms with Crippen LogP contribution in [0.1, 0.15) is 167 Å². The SMILES string of the molecule is CC(C)N(C)[C@H]1CCC2=CC3=CC[C@]4(C)[C@@H](c5ccc6ccncc6c5)CC[C@H]4[C@@]34CC[C@]2(C1)O4.CC(C)N[C@H]1CCC2=CC3=CC[C@]4(C)[C@@H](c5ccc6ccncc6c5)CC[C@H]4[C@@]34CC[C@]2(C1)O4. The minimum atomic E-state index is -0.0675. The number of benzene rings is 2. The van der Waals surface area contributed by atoms with Crippen molar-refractivity contribution >= 4 is 21.5 Å². The van der Waals surface area contributed by atoms with Gasteiger partial charge in [0.25, 0.3) is 0 Å². The summed E-state index contributed by atoms with van der Waals surface area (Å²) in [6.07, 6.45) is 37.7. The van der Waals surface area contributed by atoms with Crippen LogP contribution in [-0.4, -0.2) is 68.5 Å². The van der Waals surface area contributed by atoms with E-state index in [0.717, 1.165) is 6.42 Å². The molecule has 12 atom stereocenters. The first kappa shape index (κ1) is 45.0. The summed E-state index contributed by atoms with van der Waals surface area (Å²) in [5.41, 5.74) is 9.57. The van der Waals surface area contributed by atoms with E-state index in [4.69, 9.17) is 9.47 Å². The second-order valence-electron chi connectivity index (χ2n) is 25.3. The van der Waals surface area contributed by atoms with Gasteiger partial charge < -0.3 is 19.7 Å². The molecule has 0 unspecified atom stereocenters. The van der Waals surface area contributed by atoms with E-state index >= 15 is 0 Å². The molecule has 2 aromatic heterocycles. The van der Waals surface area contributed by atoms with Gasteiger partial charge in [0.05, 0.1) is 22.4 Å². The van der Waals surface area contributed by atoms with Gasteiger partial charge in [0, 0.05) is 59.7 Å². The first-order valence-electron chi connectivity index (χ1n) is 27.7. The number of hydrogen-bond acceptors (Lipinski definition) is 6.